The molecule has 0 atom stereocenters. The van der Waals surface area contributed by atoms with Crippen LogP contribution in [0.4, 0.5) is 14.5 Å². The first-order chi connectivity index (χ1) is 14.5. The molecular formula is C19H15Cl2F2N3O4S. The van der Waals surface area contributed by atoms with Gasteiger partial charge in [-0.1, -0.05) is 23.2 Å². The number of halogens is 4. The number of carbonyl (C=O) groups is 1. The Hall–Kier alpha value is -2.69. The maximum atomic E-state index is 14.0. The number of nitrogens with one attached hydrogen (secondary N) is 2. The molecule has 164 valence electrons. The van der Waals surface area contributed by atoms with E-state index in [4.69, 9.17) is 27.6 Å². The Morgan fingerprint density at radius 2 is 1.81 bits per heavy atom. The number of hydrogen-bond donors (Lipinski definition) is 2. The van der Waals surface area contributed by atoms with Gasteiger partial charge in [0.05, 0.1) is 16.3 Å². The predicted molar refractivity (Wildman–Crippen MR) is 113 cm³/mol. The molecule has 1 heterocycles. The minimum absolute atomic E-state index is 0.00568. The lowest BCUT2D eigenvalue weighted by Gasteiger charge is -2.09. The van der Waals surface area contributed by atoms with Crippen LogP contribution in [-0.4, -0.2) is 32.1 Å². The Balaban J connectivity index is 1.62. The molecule has 0 saturated heterocycles. The summed E-state index contributed by atoms with van der Waals surface area (Å²) in [6, 6.07) is 6.72. The Morgan fingerprint density at radius 1 is 1.13 bits per heavy atom. The lowest BCUT2D eigenvalue weighted by Crippen LogP contribution is -2.26. The van der Waals surface area contributed by atoms with Gasteiger partial charge in [0.15, 0.2) is 17.3 Å². The molecule has 1 aromatic heterocycles. The maximum Gasteiger partial charge on any atom is 0.273 e. The number of rotatable bonds is 7. The van der Waals surface area contributed by atoms with Crippen LogP contribution in [0.3, 0.4) is 0 Å². The number of hydrogen-bond acceptors (Lipinski definition) is 5. The van der Waals surface area contributed by atoms with E-state index in [0.29, 0.717) is 15.6 Å². The van der Waals surface area contributed by atoms with E-state index in [-0.39, 0.29) is 30.1 Å². The first kappa shape index (κ1) is 23.0. The van der Waals surface area contributed by atoms with E-state index < -0.39 is 33.3 Å². The highest BCUT2D eigenvalue weighted by atomic mass is 35.5. The summed E-state index contributed by atoms with van der Waals surface area (Å²) < 4.78 is 57.5. The van der Waals surface area contributed by atoms with Crippen LogP contribution in [-0.2, 0) is 16.4 Å². The smallest absolute Gasteiger partial charge is 0.273 e. The number of sulfonamides is 1. The average Bonchev–Trinajstić information content (AvgIpc) is 3.16. The molecule has 12 heteroatoms. The first-order valence-corrected chi connectivity index (χ1v) is 11.3. The quantitative estimate of drug-likeness (QED) is 0.515. The number of carbonyl (C=O) groups excluding carboxylic acids is 1. The van der Waals surface area contributed by atoms with Crippen LogP contribution < -0.4 is 10.0 Å². The summed E-state index contributed by atoms with van der Waals surface area (Å²) in [5, 5.41) is 3.23. The standard InChI is InChI=1S/C19H15Cl2F2N3O4S/c1-31(28,29)26-17-14(22)6-10(7-15(17)23)4-5-24-18(27)16-9-30-19(25-16)11-2-3-12(20)13(21)8-11/h2-3,6-9,26H,4-5H2,1H3,(H,24,27). The second-order valence-corrected chi connectivity index (χ2v) is 9.04. The molecule has 7 nitrogen and oxygen atoms in total. The number of anilines is 1. The largest absolute Gasteiger partial charge is 0.444 e. The molecule has 0 fully saturated rings. The van der Waals surface area contributed by atoms with E-state index in [0.717, 1.165) is 24.7 Å². The van der Waals surface area contributed by atoms with Crippen molar-refractivity contribution in [2.24, 2.45) is 0 Å². The Labute approximate surface area is 186 Å². The van der Waals surface area contributed by atoms with Crippen LogP contribution >= 0.6 is 23.2 Å². The molecule has 31 heavy (non-hydrogen) atoms. The van der Waals surface area contributed by atoms with Gasteiger partial charge in [0.25, 0.3) is 5.91 Å². The number of nitrogens with zero attached hydrogens (tertiary/aromatic N) is 1. The normalized spacial score (nSPS) is 11.4. The molecule has 0 aliphatic heterocycles. The molecule has 3 rings (SSSR count). The van der Waals surface area contributed by atoms with Crippen molar-refractivity contribution in [2.75, 3.05) is 17.5 Å². The molecule has 1 amide bonds. The maximum absolute atomic E-state index is 14.0. The first-order valence-electron chi connectivity index (χ1n) is 8.68. The molecule has 3 aromatic rings. The van der Waals surface area contributed by atoms with Crippen LogP contribution in [0.1, 0.15) is 16.1 Å². The van der Waals surface area contributed by atoms with Gasteiger partial charge in [-0.3, -0.25) is 9.52 Å². The van der Waals surface area contributed by atoms with E-state index in [2.05, 4.69) is 10.3 Å². The van der Waals surface area contributed by atoms with Crippen molar-refractivity contribution in [3.8, 4) is 11.5 Å². The molecule has 0 spiro atoms. The van der Waals surface area contributed by atoms with E-state index in [1.165, 1.54) is 0 Å². The van der Waals surface area contributed by atoms with Crippen molar-refractivity contribution >= 4 is 44.8 Å². The summed E-state index contributed by atoms with van der Waals surface area (Å²) in [7, 11) is -3.83. The van der Waals surface area contributed by atoms with Gasteiger partial charge < -0.3 is 9.73 Å². The summed E-state index contributed by atoms with van der Waals surface area (Å²) in [6.07, 6.45) is 2.04. The Kier molecular flexibility index (Phi) is 6.83. The van der Waals surface area contributed by atoms with Gasteiger partial charge in [-0.05, 0) is 42.3 Å². The van der Waals surface area contributed by atoms with Gasteiger partial charge in [0, 0.05) is 12.1 Å². The molecule has 2 aromatic carbocycles. The van der Waals surface area contributed by atoms with Gasteiger partial charge in [-0.25, -0.2) is 22.2 Å². The third-order valence-corrected chi connectivity index (χ3v) is 5.31. The van der Waals surface area contributed by atoms with Gasteiger partial charge in [0.2, 0.25) is 15.9 Å². The monoisotopic (exact) mass is 489 g/mol. The molecule has 0 aliphatic carbocycles. The van der Waals surface area contributed by atoms with E-state index in [1.54, 1.807) is 22.9 Å². The number of oxazole rings is 1. The summed E-state index contributed by atoms with van der Waals surface area (Å²) in [5.41, 5.74) is 0.00652. The highest BCUT2D eigenvalue weighted by molar-refractivity contribution is 7.92. The summed E-state index contributed by atoms with van der Waals surface area (Å²) in [4.78, 5) is 16.3. The van der Waals surface area contributed by atoms with Crippen molar-refractivity contribution in [3.63, 3.8) is 0 Å². The van der Waals surface area contributed by atoms with Crippen LogP contribution in [0.15, 0.2) is 41.0 Å². The SMILES string of the molecule is CS(=O)(=O)Nc1c(F)cc(CCNC(=O)c2coc(-c3ccc(Cl)c(Cl)c3)n2)cc1F. The third-order valence-electron chi connectivity index (χ3n) is 3.99. The minimum atomic E-state index is -3.83. The Bertz CT molecular complexity index is 1230. The molecule has 0 unspecified atom stereocenters. The fourth-order valence-corrected chi connectivity index (χ4v) is 3.47. The van der Waals surface area contributed by atoms with E-state index in [9.17, 15) is 22.0 Å². The zero-order valence-corrected chi connectivity index (χ0v) is 18.2. The predicted octanol–water partition coefficient (Wildman–Crippen LogP) is 4.27. The van der Waals surface area contributed by atoms with Gasteiger partial charge in [0.1, 0.15) is 12.0 Å². The van der Waals surface area contributed by atoms with Crippen LogP contribution in [0.2, 0.25) is 10.0 Å². The molecule has 0 bridgehead atoms. The van der Waals surface area contributed by atoms with Gasteiger partial charge in [-0.15, -0.1) is 0 Å². The van der Waals surface area contributed by atoms with Crippen LogP contribution in [0, 0.1) is 11.6 Å². The van der Waals surface area contributed by atoms with Crippen LogP contribution in [0.5, 0.6) is 0 Å². The van der Waals surface area contributed by atoms with Crippen molar-refractivity contribution in [3.05, 3.63) is 69.5 Å². The summed E-state index contributed by atoms with van der Waals surface area (Å²) in [6.45, 7) is 0.0472. The third kappa shape index (κ3) is 5.93. The minimum Gasteiger partial charge on any atom is -0.444 e. The zero-order valence-electron chi connectivity index (χ0n) is 15.9. The topological polar surface area (TPSA) is 101 Å². The van der Waals surface area contributed by atoms with Crippen molar-refractivity contribution < 1.29 is 26.4 Å². The highest BCUT2D eigenvalue weighted by Crippen LogP contribution is 2.28. The lowest BCUT2D eigenvalue weighted by atomic mass is 10.1. The van der Waals surface area contributed by atoms with Crippen molar-refractivity contribution in [2.45, 2.75) is 6.42 Å². The molecule has 0 aliphatic rings. The zero-order chi connectivity index (χ0) is 22.8. The molecule has 0 saturated carbocycles. The van der Waals surface area contributed by atoms with Crippen molar-refractivity contribution in [1.82, 2.24) is 10.3 Å². The Morgan fingerprint density at radius 3 is 2.42 bits per heavy atom. The molecular weight excluding hydrogens is 475 g/mol. The second-order valence-electron chi connectivity index (χ2n) is 6.48. The number of amides is 1. The van der Waals surface area contributed by atoms with E-state index >= 15 is 0 Å². The lowest BCUT2D eigenvalue weighted by molar-refractivity contribution is 0.0949. The average molecular weight is 490 g/mol. The number of aromatic nitrogens is 1. The number of benzene rings is 2. The van der Waals surface area contributed by atoms with Gasteiger partial charge in [-0.2, -0.15) is 0 Å². The van der Waals surface area contributed by atoms with Gasteiger partial charge >= 0.3 is 0 Å². The fourth-order valence-electron chi connectivity index (χ4n) is 2.60. The summed E-state index contributed by atoms with van der Waals surface area (Å²) >= 11 is 11.8. The fraction of sp³-hybridized carbons (Fsp3) is 0.158. The highest BCUT2D eigenvalue weighted by Gasteiger charge is 2.16. The second kappa shape index (κ2) is 9.21. The van der Waals surface area contributed by atoms with Crippen molar-refractivity contribution in [1.29, 1.82) is 0 Å². The summed E-state index contributed by atoms with van der Waals surface area (Å²) in [5.74, 6) is -2.50. The van der Waals surface area contributed by atoms with Crippen LogP contribution in [0.25, 0.3) is 11.5 Å². The molecule has 2 N–H and O–H groups in total. The van der Waals surface area contributed by atoms with E-state index in [1.807, 2.05) is 0 Å². The molecule has 0 radical (unpaired) electrons.